The van der Waals surface area contributed by atoms with Gasteiger partial charge in [0.05, 0.1) is 0 Å². The third kappa shape index (κ3) is 9.27. The van der Waals surface area contributed by atoms with Crippen LogP contribution in [-0.4, -0.2) is 20.4 Å². The molecule has 1 rings (SSSR count). The number of hydrogen-bond acceptors (Lipinski definition) is 3. The molecule has 0 atom stereocenters. The van der Waals surface area contributed by atoms with E-state index in [1.807, 2.05) is 0 Å². The molecule has 0 bridgehead atoms. The zero-order chi connectivity index (χ0) is 12.0. The predicted octanol–water partition coefficient (Wildman–Crippen LogP) is 0.966. The van der Waals surface area contributed by atoms with Crippen molar-refractivity contribution in [2.75, 3.05) is 0 Å². The first-order valence-electron chi connectivity index (χ1n) is 3.51. The van der Waals surface area contributed by atoms with Gasteiger partial charge in [0.15, 0.2) is 0 Å². The number of rotatable bonds is 1. The molecule has 0 heterocycles. The van der Waals surface area contributed by atoms with Crippen LogP contribution in [0.2, 0.25) is 0 Å². The molecule has 0 saturated carbocycles. The normalized spacial score (nSPS) is 11.2. The van der Waals surface area contributed by atoms with Crippen molar-refractivity contribution in [3.8, 4) is 0 Å². The second-order valence-electron chi connectivity index (χ2n) is 1.91. The minimum Gasteiger partial charge on any atom is -0.281 e. The van der Waals surface area contributed by atoms with E-state index in [-0.39, 0.29) is 0 Å². The number of allylic oxidation sites excluding steroid dienone is 4. The zero-order valence-corrected chi connectivity index (χ0v) is 10.6. The van der Waals surface area contributed by atoms with Crippen molar-refractivity contribution >= 4 is 20.4 Å². The molecule has 1 aliphatic rings. The Morgan fingerprint density at radius 3 is 1.79 bits per heavy atom. The summed E-state index contributed by atoms with van der Waals surface area (Å²) in [5, 5.41) is 0. The smallest absolute Gasteiger partial charge is 0.281 e. The van der Waals surface area contributed by atoms with E-state index in [9.17, 15) is 0 Å². The molecule has 3 nitrogen and oxygen atoms in total. The minimum atomic E-state index is 1.22. The van der Waals surface area contributed by atoms with Gasteiger partial charge in [-0.25, -0.2) is 0 Å². The Hall–Kier alpha value is -0.822. The Kier molecular flexibility index (Phi) is 24.3. The molecule has 0 N–H and O–H groups in total. The van der Waals surface area contributed by atoms with E-state index >= 15 is 0 Å². The quantitative estimate of drug-likeness (QED) is 0.700. The molecule has 0 unspecified atom stereocenters. The van der Waals surface area contributed by atoms with Gasteiger partial charge in [0, 0.05) is 0 Å². The van der Waals surface area contributed by atoms with E-state index in [1.54, 1.807) is 29.3 Å². The van der Waals surface area contributed by atoms with Crippen molar-refractivity contribution in [2.24, 2.45) is 0 Å². The van der Waals surface area contributed by atoms with Crippen LogP contribution in [0.25, 0.3) is 0 Å². The third-order valence-corrected chi connectivity index (χ3v) is 2.90. The Morgan fingerprint density at radius 1 is 1.21 bits per heavy atom. The van der Waals surface area contributed by atoms with E-state index in [4.69, 9.17) is 14.4 Å². The molecule has 1 aliphatic carbocycles. The number of carbonyl (C=O) groups excluding carboxylic acids is 3. The van der Waals surface area contributed by atoms with Gasteiger partial charge in [-0.05, 0) is 0 Å². The average molecular weight is 361 g/mol. The summed E-state index contributed by atoms with van der Waals surface area (Å²) in [5.74, 6) is 0. The predicted molar refractivity (Wildman–Crippen MR) is 48.2 cm³/mol. The second-order valence-corrected chi connectivity index (χ2v) is 3.68. The SMILES string of the molecule is CCC1=[C]([W])CC=C1.[C]=O.[C]=O.[C]=O. The Balaban J connectivity index is -0.000000174. The van der Waals surface area contributed by atoms with Crippen LogP contribution in [0.15, 0.2) is 21.7 Å². The standard InChI is InChI=1S/C7H9.3CO.W/c1-2-7-5-3-4-6-7;3*1-2;/h3,5H,2,4H2,1H3;;;;. The van der Waals surface area contributed by atoms with Crippen LogP contribution in [-0.2, 0) is 34.2 Å². The summed E-state index contributed by atoms with van der Waals surface area (Å²) in [7, 11) is 0. The van der Waals surface area contributed by atoms with Crippen molar-refractivity contribution in [1.29, 1.82) is 0 Å². The topological polar surface area (TPSA) is 51.2 Å². The van der Waals surface area contributed by atoms with Gasteiger partial charge >= 0.3 is 61.3 Å². The van der Waals surface area contributed by atoms with Crippen molar-refractivity contribution in [1.82, 2.24) is 0 Å². The van der Waals surface area contributed by atoms with Crippen LogP contribution in [0.3, 0.4) is 0 Å². The van der Waals surface area contributed by atoms with Gasteiger partial charge in [-0.15, -0.1) is 0 Å². The summed E-state index contributed by atoms with van der Waals surface area (Å²) in [6, 6.07) is 0. The molecule has 14 heavy (non-hydrogen) atoms. The van der Waals surface area contributed by atoms with Crippen LogP contribution in [0.1, 0.15) is 19.8 Å². The zero-order valence-electron chi connectivity index (χ0n) is 7.70. The minimum absolute atomic E-state index is 1.22. The molecule has 6 radical (unpaired) electrons. The fraction of sp³-hybridized carbons (Fsp3) is 0.300. The van der Waals surface area contributed by atoms with Crippen LogP contribution < -0.4 is 0 Å². The molecule has 0 aromatic carbocycles. The molecule has 0 aliphatic heterocycles. The molecule has 0 aromatic heterocycles. The summed E-state index contributed by atoms with van der Waals surface area (Å²) in [6.07, 6.45) is 6.94. The molecule has 73 valence electrons. The summed E-state index contributed by atoms with van der Waals surface area (Å²) < 4.78 is 1.63. The van der Waals surface area contributed by atoms with Crippen LogP contribution in [0.4, 0.5) is 0 Å². The van der Waals surface area contributed by atoms with Gasteiger partial charge in [0.2, 0.25) is 0 Å². The molecule has 0 saturated heterocycles. The van der Waals surface area contributed by atoms with Gasteiger partial charge in [0.25, 0.3) is 20.4 Å². The van der Waals surface area contributed by atoms with Crippen molar-refractivity contribution < 1.29 is 34.2 Å². The van der Waals surface area contributed by atoms with E-state index in [1.165, 1.54) is 12.8 Å². The Bertz CT molecular complexity index is 183. The van der Waals surface area contributed by atoms with Crippen LogP contribution in [0, 0.1) is 0 Å². The first kappa shape index (κ1) is 18.9. The summed E-state index contributed by atoms with van der Waals surface area (Å²) >= 11 is 1.64. The number of hydrogen-bond donors (Lipinski definition) is 0. The molecule has 0 spiro atoms. The van der Waals surface area contributed by atoms with Crippen molar-refractivity contribution in [3.63, 3.8) is 0 Å². The van der Waals surface area contributed by atoms with E-state index in [0.29, 0.717) is 0 Å². The fourth-order valence-corrected chi connectivity index (χ4v) is 1.96. The van der Waals surface area contributed by atoms with Gasteiger partial charge in [-0.3, -0.25) is 14.4 Å². The average Bonchev–Trinajstić information content (AvgIpc) is 2.72. The first-order valence-corrected chi connectivity index (χ1v) is 4.98. The maximum absolute atomic E-state index is 7.50. The molecule has 0 amide bonds. The Morgan fingerprint density at radius 2 is 1.64 bits per heavy atom. The van der Waals surface area contributed by atoms with Crippen LogP contribution >= 0.6 is 0 Å². The van der Waals surface area contributed by atoms with Gasteiger partial charge in [-0.1, -0.05) is 0 Å². The first-order chi connectivity index (χ1) is 6.84. The molecule has 4 heteroatoms. The molecular formula is C10H9O3W. The van der Waals surface area contributed by atoms with Gasteiger partial charge in [-0.2, -0.15) is 0 Å². The van der Waals surface area contributed by atoms with Gasteiger partial charge in [0.1, 0.15) is 0 Å². The van der Waals surface area contributed by atoms with Crippen LogP contribution in [0.5, 0.6) is 0 Å². The molecule has 0 fully saturated rings. The van der Waals surface area contributed by atoms with E-state index < -0.39 is 0 Å². The summed E-state index contributed by atoms with van der Waals surface area (Å²) in [5.41, 5.74) is 1.57. The van der Waals surface area contributed by atoms with E-state index in [0.717, 1.165) is 0 Å². The summed E-state index contributed by atoms with van der Waals surface area (Å²) in [4.78, 5) is 22.5. The third-order valence-electron chi connectivity index (χ3n) is 1.36. The van der Waals surface area contributed by atoms with Crippen molar-refractivity contribution in [3.05, 3.63) is 21.7 Å². The van der Waals surface area contributed by atoms with E-state index in [2.05, 4.69) is 39.4 Å². The molecular weight excluding hydrogens is 352 g/mol. The maximum atomic E-state index is 7.50. The second kappa shape index (κ2) is 18.1. The molecule has 0 aromatic rings. The largest absolute Gasteiger partial charge is 0.281 e. The van der Waals surface area contributed by atoms with Gasteiger partial charge < -0.3 is 0 Å². The monoisotopic (exact) mass is 361 g/mol. The fourth-order valence-electron chi connectivity index (χ4n) is 0.847. The summed E-state index contributed by atoms with van der Waals surface area (Å²) in [6.45, 7) is 15.7. The Labute approximate surface area is 96.2 Å². The van der Waals surface area contributed by atoms with Crippen molar-refractivity contribution in [2.45, 2.75) is 19.8 Å². The maximum Gasteiger partial charge on any atom is 0.281 e.